The quantitative estimate of drug-likeness (QED) is 0.420. The lowest BCUT2D eigenvalue weighted by atomic mass is 10.3. The number of nitrogens with zero attached hydrogens (tertiary/aromatic N) is 2. The van der Waals surface area contributed by atoms with E-state index in [1.807, 2.05) is 13.8 Å². The van der Waals surface area contributed by atoms with Crippen molar-refractivity contribution in [3.63, 3.8) is 0 Å². The Kier molecular flexibility index (Phi) is 4.29. The number of ether oxygens (including phenoxy) is 1. The number of anilines is 2. The molecule has 0 bridgehead atoms. The normalized spacial score (nSPS) is 10.8. The van der Waals surface area contributed by atoms with Crippen LogP contribution in [0.5, 0.6) is 0 Å². The van der Waals surface area contributed by atoms with E-state index in [-0.39, 0.29) is 0 Å². The lowest BCUT2D eigenvalue weighted by Crippen LogP contribution is -2.14. The summed E-state index contributed by atoms with van der Waals surface area (Å²) in [5.74, 6) is 6.58. The number of nitrogens with two attached hydrogens (primary N) is 1. The molecule has 4 N–H and O–H groups in total. The van der Waals surface area contributed by atoms with Crippen LogP contribution in [-0.4, -0.2) is 29.7 Å². The first kappa shape index (κ1) is 13.0. The van der Waals surface area contributed by atoms with Gasteiger partial charge in [-0.1, -0.05) is 0 Å². The second kappa shape index (κ2) is 5.94. The maximum Gasteiger partial charge on any atom is 0.240 e. The average molecular weight is 267 g/mol. The Morgan fingerprint density at radius 3 is 3.00 bits per heavy atom. The van der Waals surface area contributed by atoms with Crippen molar-refractivity contribution in [2.45, 2.75) is 13.8 Å². The zero-order chi connectivity index (χ0) is 13.0. The third-order valence-electron chi connectivity index (χ3n) is 2.39. The fraction of sp³-hybridized carbons (Fsp3) is 0.455. The van der Waals surface area contributed by atoms with Gasteiger partial charge in [-0.15, -0.1) is 11.3 Å². The molecule has 2 rings (SSSR count). The van der Waals surface area contributed by atoms with Crippen LogP contribution in [0, 0.1) is 6.92 Å². The molecule has 0 unspecified atom stereocenters. The number of hydrogen-bond acceptors (Lipinski definition) is 7. The van der Waals surface area contributed by atoms with Gasteiger partial charge in [0.25, 0.3) is 0 Å². The Hall–Kier alpha value is -1.44. The molecule has 0 fully saturated rings. The summed E-state index contributed by atoms with van der Waals surface area (Å²) in [7, 11) is 0. The van der Waals surface area contributed by atoms with E-state index in [4.69, 9.17) is 10.6 Å². The molecular formula is C11H17N5OS. The molecule has 0 aliphatic carbocycles. The second-order valence-corrected chi connectivity index (χ2v) is 4.97. The van der Waals surface area contributed by atoms with E-state index < -0.39 is 0 Å². The summed E-state index contributed by atoms with van der Waals surface area (Å²) in [5.41, 5.74) is 2.48. The van der Waals surface area contributed by atoms with E-state index in [0.29, 0.717) is 25.7 Å². The molecule has 98 valence electrons. The molecule has 0 saturated heterocycles. The van der Waals surface area contributed by atoms with Crippen molar-refractivity contribution in [2.75, 3.05) is 30.5 Å². The minimum atomic E-state index is 0.420. The number of fused-ring (bicyclic) bond motifs is 1. The van der Waals surface area contributed by atoms with Gasteiger partial charge in [-0.2, -0.15) is 4.98 Å². The third kappa shape index (κ3) is 2.87. The SMILES string of the molecule is CCOCCNc1nc(NN)nc2sc(C)cc12. The molecule has 0 radical (unpaired) electrons. The molecule has 0 aliphatic rings. The summed E-state index contributed by atoms with van der Waals surface area (Å²) < 4.78 is 5.29. The summed E-state index contributed by atoms with van der Waals surface area (Å²) >= 11 is 1.62. The fourth-order valence-corrected chi connectivity index (χ4v) is 2.51. The highest BCUT2D eigenvalue weighted by molar-refractivity contribution is 7.18. The Bertz CT molecular complexity index is 527. The number of nitrogen functional groups attached to an aromatic ring is 1. The minimum absolute atomic E-state index is 0.420. The van der Waals surface area contributed by atoms with Crippen molar-refractivity contribution >= 4 is 33.3 Å². The predicted octanol–water partition coefficient (Wildman–Crippen LogP) is 1.73. The van der Waals surface area contributed by atoms with Gasteiger partial charge in [0.1, 0.15) is 10.6 Å². The van der Waals surface area contributed by atoms with Crippen molar-refractivity contribution in [1.29, 1.82) is 0 Å². The molecule has 0 aliphatic heterocycles. The van der Waals surface area contributed by atoms with E-state index in [1.54, 1.807) is 11.3 Å². The maximum atomic E-state index is 5.37. The van der Waals surface area contributed by atoms with Gasteiger partial charge in [-0.3, -0.25) is 5.43 Å². The molecule has 0 atom stereocenters. The number of hydrazine groups is 1. The summed E-state index contributed by atoms with van der Waals surface area (Å²) in [6.45, 7) is 6.09. The Labute approximate surface area is 110 Å². The number of aryl methyl sites for hydroxylation is 1. The zero-order valence-electron chi connectivity index (χ0n) is 10.5. The van der Waals surface area contributed by atoms with Gasteiger partial charge in [0.2, 0.25) is 5.95 Å². The van der Waals surface area contributed by atoms with Crippen LogP contribution in [0.1, 0.15) is 11.8 Å². The summed E-state index contributed by atoms with van der Waals surface area (Å²) in [6.07, 6.45) is 0. The first-order valence-corrected chi connectivity index (χ1v) is 6.62. The van der Waals surface area contributed by atoms with Crippen LogP contribution >= 0.6 is 11.3 Å². The van der Waals surface area contributed by atoms with Crippen LogP contribution in [0.2, 0.25) is 0 Å². The smallest absolute Gasteiger partial charge is 0.240 e. The first-order valence-electron chi connectivity index (χ1n) is 5.81. The van der Waals surface area contributed by atoms with Crippen molar-refractivity contribution in [3.05, 3.63) is 10.9 Å². The van der Waals surface area contributed by atoms with Crippen molar-refractivity contribution in [1.82, 2.24) is 9.97 Å². The molecule has 7 heteroatoms. The lowest BCUT2D eigenvalue weighted by molar-refractivity contribution is 0.158. The van der Waals surface area contributed by atoms with Crippen molar-refractivity contribution < 1.29 is 4.74 Å². The van der Waals surface area contributed by atoms with Crippen molar-refractivity contribution in [2.24, 2.45) is 5.84 Å². The van der Waals surface area contributed by atoms with Crippen LogP contribution in [0.25, 0.3) is 10.2 Å². The first-order chi connectivity index (χ1) is 8.74. The van der Waals surface area contributed by atoms with E-state index in [2.05, 4.69) is 26.8 Å². The number of rotatable bonds is 6. The topological polar surface area (TPSA) is 85.1 Å². The second-order valence-electron chi connectivity index (χ2n) is 3.74. The molecule has 0 saturated carbocycles. The average Bonchev–Trinajstić information content (AvgIpc) is 2.74. The van der Waals surface area contributed by atoms with Gasteiger partial charge >= 0.3 is 0 Å². The zero-order valence-corrected chi connectivity index (χ0v) is 11.3. The molecule has 0 aromatic carbocycles. The molecule has 0 amide bonds. The van der Waals surface area contributed by atoms with Gasteiger partial charge in [0.05, 0.1) is 12.0 Å². The maximum absolute atomic E-state index is 5.37. The highest BCUT2D eigenvalue weighted by Gasteiger charge is 2.09. The third-order valence-corrected chi connectivity index (χ3v) is 3.33. The number of nitrogens with one attached hydrogen (secondary N) is 2. The van der Waals surface area contributed by atoms with Crippen LogP contribution in [-0.2, 0) is 4.74 Å². The highest BCUT2D eigenvalue weighted by atomic mass is 32.1. The fourth-order valence-electron chi connectivity index (χ4n) is 1.63. The van der Waals surface area contributed by atoms with Crippen LogP contribution in [0.3, 0.4) is 0 Å². The number of thiophene rings is 1. The molecule has 2 aromatic heterocycles. The number of hydrogen-bond donors (Lipinski definition) is 3. The molecule has 18 heavy (non-hydrogen) atoms. The predicted molar refractivity (Wildman–Crippen MR) is 74.9 cm³/mol. The van der Waals surface area contributed by atoms with Gasteiger partial charge in [-0.05, 0) is 19.9 Å². The molecular weight excluding hydrogens is 250 g/mol. The van der Waals surface area contributed by atoms with Gasteiger partial charge < -0.3 is 10.1 Å². The largest absolute Gasteiger partial charge is 0.380 e. The summed E-state index contributed by atoms with van der Waals surface area (Å²) in [4.78, 5) is 10.8. The molecule has 0 spiro atoms. The van der Waals surface area contributed by atoms with E-state index >= 15 is 0 Å². The van der Waals surface area contributed by atoms with Crippen LogP contribution < -0.4 is 16.6 Å². The van der Waals surface area contributed by atoms with Crippen molar-refractivity contribution in [3.8, 4) is 0 Å². The monoisotopic (exact) mass is 267 g/mol. The van der Waals surface area contributed by atoms with Gasteiger partial charge in [0, 0.05) is 18.0 Å². The van der Waals surface area contributed by atoms with E-state index in [1.165, 1.54) is 4.88 Å². The minimum Gasteiger partial charge on any atom is -0.380 e. The van der Waals surface area contributed by atoms with Crippen LogP contribution in [0.15, 0.2) is 6.07 Å². The standard InChI is InChI=1S/C11H17N5OS/c1-3-17-5-4-13-9-8-6-7(2)18-10(8)15-11(14-9)16-12/h6H,3-5,12H2,1-2H3,(H2,13,14,15,16). The Balaban J connectivity index is 2.23. The Morgan fingerprint density at radius 2 is 2.28 bits per heavy atom. The van der Waals surface area contributed by atoms with E-state index in [9.17, 15) is 0 Å². The summed E-state index contributed by atoms with van der Waals surface area (Å²) in [5, 5.41) is 4.27. The van der Waals surface area contributed by atoms with E-state index in [0.717, 1.165) is 16.0 Å². The Morgan fingerprint density at radius 1 is 1.44 bits per heavy atom. The summed E-state index contributed by atoms with van der Waals surface area (Å²) in [6, 6.07) is 2.07. The molecule has 2 heterocycles. The molecule has 6 nitrogen and oxygen atoms in total. The lowest BCUT2D eigenvalue weighted by Gasteiger charge is -2.08. The van der Waals surface area contributed by atoms with Gasteiger partial charge in [-0.25, -0.2) is 10.8 Å². The molecule has 2 aromatic rings. The van der Waals surface area contributed by atoms with Crippen LogP contribution in [0.4, 0.5) is 11.8 Å². The number of aromatic nitrogens is 2. The van der Waals surface area contributed by atoms with Gasteiger partial charge in [0.15, 0.2) is 0 Å². The highest BCUT2D eigenvalue weighted by Crippen LogP contribution is 2.29.